The van der Waals surface area contributed by atoms with Crippen LogP contribution in [0.25, 0.3) is 82.5 Å². The van der Waals surface area contributed by atoms with Gasteiger partial charge >= 0.3 is 0 Å². The molecule has 4 heterocycles. The molecule has 9 aromatic carbocycles. The van der Waals surface area contributed by atoms with Crippen molar-refractivity contribution < 1.29 is 4.74 Å². The second-order valence-corrected chi connectivity index (χ2v) is 20.3. The van der Waals surface area contributed by atoms with Gasteiger partial charge in [0.1, 0.15) is 11.5 Å². The standard InChI is InChI=1S/C64H54BN3O/c1-38(2)42-35-49(39(3)4)61(50(36-42)40(5)6)65-51-24-14-18-28-56(51)69-57-37-45(33-34-52(57)65)68-55-27-17-13-23-48(55)60-63-58(47-22-12-16-26-54(47)67(63)44-31-29-41(7)30-32-44)62-59(64(60)68)46-21-11-15-25-53(46)66(62)43-19-9-8-10-20-43/h8-40H,1-7H3. The first-order chi connectivity index (χ1) is 33.7. The van der Waals surface area contributed by atoms with Crippen LogP contribution in [0.4, 0.5) is 0 Å². The van der Waals surface area contributed by atoms with Gasteiger partial charge in [0.15, 0.2) is 0 Å². The molecule has 0 radical (unpaired) electrons. The minimum Gasteiger partial charge on any atom is -0.458 e. The first-order valence-corrected chi connectivity index (χ1v) is 24.8. The van der Waals surface area contributed by atoms with E-state index in [9.17, 15) is 0 Å². The van der Waals surface area contributed by atoms with Crippen LogP contribution in [-0.4, -0.2) is 20.4 Å². The van der Waals surface area contributed by atoms with Gasteiger partial charge in [-0.3, -0.25) is 0 Å². The van der Waals surface area contributed by atoms with E-state index in [0.717, 1.165) is 34.1 Å². The third-order valence-electron chi connectivity index (χ3n) is 15.1. The maximum atomic E-state index is 7.15. The summed E-state index contributed by atoms with van der Waals surface area (Å²) in [5, 5.41) is 7.37. The Kier molecular flexibility index (Phi) is 9.40. The average Bonchev–Trinajstić information content (AvgIpc) is 4.02. The van der Waals surface area contributed by atoms with E-state index in [2.05, 4.69) is 244 Å². The second kappa shape index (κ2) is 15.6. The lowest BCUT2D eigenvalue weighted by Gasteiger charge is -2.32. The van der Waals surface area contributed by atoms with E-state index in [1.165, 1.54) is 98.5 Å². The molecule has 0 bridgehead atoms. The van der Waals surface area contributed by atoms with E-state index in [1.807, 2.05) is 0 Å². The van der Waals surface area contributed by atoms with Crippen LogP contribution < -0.4 is 21.1 Å². The number of para-hydroxylation sites is 5. The molecule has 0 atom stereocenters. The Morgan fingerprint density at radius 3 is 1.35 bits per heavy atom. The number of rotatable bonds is 7. The van der Waals surface area contributed by atoms with Gasteiger partial charge in [-0.1, -0.05) is 174 Å². The van der Waals surface area contributed by atoms with Crippen molar-refractivity contribution in [3.05, 3.63) is 204 Å². The fourth-order valence-corrected chi connectivity index (χ4v) is 12.0. The lowest BCUT2D eigenvalue weighted by Crippen LogP contribution is -2.57. The smallest absolute Gasteiger partial charge is 0.251 e. The van der Waals surface area contributed by atoms with Gasteiger partial charge in [-0.15, -0.1) is 0 Å². The number of benzene rings is 9. The molecule has 69 heavy (non-hydrogen) atoms. The molecule has 12 aromatic rings. The molecule has 0 amide bonds. The second-order valence-electron chi connectivity index (χ2n) is 20.3. The summed E-state index contributed by atoms with van der Waals surface area (Å²) in [6, 6.07) is 67.8. The van der Waals surface area contributed by atoms with Crippen molar-refractivity contribution in [1.29, 1.82) is 0 Å². The summed E-state index contributed by atoms with van der Waals surface area (Å²) in [6.45, 7) is 16.2. The summed E-state index contributed by atoms with van der Waals surface area (Å²) >= 11 is 0. The predicted octanol–water partition coefficient (Wildman–Crippen LogP) is 15.3. The van der Waals surface area contributed by atoms with Gasteiger partial charge in [-0.05, 0) is 107 Å². The van der Waals surface area contributed by atoms with E-state index in [0.29, 0.717) is 17.8 Å². The minimum absolute atomic E-state index is 0.00792. The molecule has 334 valence electrons. The highest BCUT2D eigenvalue weighted by Gasteiger charge is 2.37. The van der Waals surface area contributed by atoms with Crippen molar-refractivity contribution in [3.63, 3.8) is 0 Å². The van der Waals surface area contributed by atoms with Crippen LogP contribution in [0.1, 0.15) is 81.5 Å². The van der Waals surface area contributed by atoms with Crippen LogP contribution in [0.5, 0.6) is 11.5 Å². The quantitative estimate of drug-likeness (QED) is 0.146. The summed E-state index contributed by atoms with van der Waals surface area (Å²) in [5.74, 6) is 2.95. The lowest BCUT2D eigenvalue weighted by atomic mass is 9.34. The third-order valence-corrected chi connectivity index (χ3v) is 15.1. The molecule has 0 N–H and O–H groups in total. The van der Waals surface area contributed by atoms with Crippen LogP contribution in [0, 0.1) is 6.92 Å². The number of ether oxygens (including phenoxy) is 1. The number of hydrogen-bond donors (Lipinski definition) is 0. The molecule has 1 aliphatic rings. The summed E-state index contributed by atoms with van der Waals surface area (Å²) in [7, 11) is 0. The molecule has 0 fully saturated rings. The molecule has 4 nitrogen and oxygen atoms in total. The van der Waals surface area contributed by atoms with E-state index in [1.54, 1.807) is 0 Å². The molecule has 0 aliphatic carbocycles. The Morgan fingerprint density at radius 2 is 0.826 bits per heavy atom. The van der Waals surface area contributed by atoms with Gasteiger partial charge in [0, 0.05) is 55.4 Å². The summed E-state index contributed by atoms with van der Waals surface area (Å²) in [6.07, 6.45) is 0. The number of hydrogen-bond acceptors (Lipinski definition) is 1. The number of aryl methyl sites for hydroxylation is 1. The Labute approximate surface area is 404 Å². The molecular weight excluding hydrogens is 838 g/mol. The molecule has 0 unspecified atom stereocenters. The topological polar surface area (TPSA) is 24.0 Å². The molecule has 0 spiro atoms. The highest BCUT2D eigenvalue weighted by atomic mass is 16.5. The predicted molar refractivity (Wildman–Crippen MR) is 294 cm³/mol. The molecule has 3 aromatic heterocycles. The average molecular weight is 892 g/mol. The molecule has 0 saturated heterocycles. The van der Waals surface area contributed by atoms with Crippen LogP contribution in [0.3, 0.4) is 0 Å². The highest BCUT2D eigenvalue weighted by Crippen LogP contribution is 2.50. The number of nitrogens with zero attached hydrogens (tertiary/aromatic N) is 3. The van der Waals surface area contributed by atoms with Crippen molar-refractivity contribution in [2.45, 2.75) is 66.2 Å². The molecule has 0 saturated carbocycles. The first-order valence-electron chi connectivity index (χ1n) is 24.8. The van der Waals surface area contributed by atoms with Gasteiger partial charge in [0.05, 0.1) is 33.1 Å². The maximum Gasteiger partial charge on any atom is 0.251 e. The zero-order valence-electron chi connectivity index (χ0n) is 40.4. The van der Waals surface area contributed by atoms with Crippen molar-refractivity contribution in [2.24, 2.45) is 0 Å². The lowest BCUT2D eigenvalue weighted by molar-refractivity contribution is 0.487. The van der Waals surface area contributed by atoms with Gasteiger partial charge in [0.2, 0.25) is 0 Å². The zero-order chi connectivity index (χ0) is 46.8. The van der Waals surface area contributed by atoms with E-state index in [-0.39, 0.29) is 6.71 Å². The maximum absolute atomic E-state index is 7.15. The van der Waals surface area contributed by atoms with Crippen LogP contribution in [-0.2, 0) is 0 Å². The zero-order valence-corrected chi connectivity index (χ0v) is 40.4. The highest BCUT2D eigenvalue weighted by molar-refractivity contribution is 6.97. The molecule has 1 aliphatic heterocycles. The van der Waals surface area contributed by atoms with E-state index >= 15 is 0 Å². The van der Waals surface area contributed by atoms with Crippen molar-refractivity contribution >= 4 is 88.5 Å². The Hall–Kier alpha value is -7.76. The van der Waals surface area contributed by atoms with Gasteiger partial charge in [0.25, 0.3) is 6.71 Å². The SMILES string of the molecule is Cc1ccc(-n2c3ccccc3c3c2c2c4ccccc4n(-c4ccc5c(c4)Oc4ccccc4B5c4c(C(C)C)cc(C(C)C)cc4C(C)C)c2c2c4ccccc4n(-c4ccccc4)c32)cc1. The van der Waals surface area contributed by atoms with Crippen LogP contribution in [0.2, 0.25) is 0 Å². The Morgan fingerprint density at radius 1 is 0.391 bits per heavy atom. The Bertz CT molecular complexity index is 4000. The van der Waals surface area contributed by atoms with Crippen molar-refractivity contribution in [3.8, 4) is 28.6 Å². The van der Waals surface area contributed by atoms with Gasteiger partial charge in [-0.2, -0.15) is 0 Å². The first kappa shape index (κ1) is 41.4. The molecule has 5 heteroatoms. The summed E-state index contributed by atoms with van der Waals surface area (Å²) in [4.78, 5) is 0. The fourth-order valence-electron chi connectivity index (χ4n) is 12.0. The fraction of sp³-hybridized carbons (Fsp3) is 0.156. The molecule has 13 rings (SSSR count). The molecular formula is C64H54BN3O. The summed E-state index contributed by atoms with van der Waals surface area (Å²) in [5.41, 5.74) is 19.8. The third kappa shape index (κ3) is 6.09. The van der Waals surface area contributed by atoms with E-state index in [4.69, 9.17) is 4.74 Å². The number of aromatic nitrogens is 3. The largest absolute Gasteiger partial charge is 0.458 e. The number of fused-ring (bicyclic) bond motifs is 14. The van der Waals surface area contributed by atoms with E-state index < -0.39 is 0 Å². The van der Waals surface area contributed by atoms with Crippen molar-refractivity contribution in [1.82, 2.24) is 13.7 Å². The monoisotopic (exact) mass is 891 g/mol. The van der Waals surface area contributed by atoms with Crippen LogP contribution >= 0.6 is 0 Å². The van der Waals surface area contributed by atoms with Crippen molar-refractivity contribution in [2.75, 3.05) is 0 Å². The van der Waals surface area contributed by atoms with Gasteiger partial charge < -0.3 is 18.4 Å². The minimum atomic E-state index is 0.00792. The normalized spacial score (nSPS) is 12.8. The Balaban J connectivity index is 1.19. The van der Waals surface area contributed by atoms with Gasteiger partial charge in [-0.25, -0.2) is 0 Å². The summed E-state index contributed by atoms with van der Waals surface area (Å²) < 4.78 is 14.7. The van der Waals surface area contributed by atoms with Crippen LogP contribution in [0.15, 0.2) is 182 Å².